The van der Waals surface area contributed by atoms with Gasteiger partial charge in [-0.1, -0.05) is 51.1 Å². The van der Waals surface area contributed by atoms with Gasteiger partial charge in [0, 0.05) is 49.9 Å². The van der Waals surface area contributed by atoms with E-state index < -0.39 is 24.2 Å². The maximum atomic E-state index is 15.0. The van der Waals surface area contributed by atoms with Crippen molar-refractivity contribution in [2.45, 2.75) is 51.0 Å². The molecular formula is C38H36Br2Cl4FN10O6+. The number of fused-ring (bicyclic) bond motifs is 2. The zero-order valence-electron chi connectivity index (χ0n) is 32.1. The second-order valence-corrected chi connectivity index (χ2v) is 17.4. The van der Waals surface area contributed by atoms with Gasteiger partial charge in [0.15, 0.2) is 5.69 Å². The second-order valence-electron chi connectivity index (χ2n) is 14.1. The van der Waals surface area contributed by atoms with E-state index in [0.29, 0.717) is 71.9 Å². The fourth-order valence-electron chi connectivity index (χ4n) is 7.09. The molecule has 1 aliphatic rings. The highest BCUT2D eigenvalue weighted by Gasteiger charge is 2.35. The van der Waals surface area contributed by atoms with Crippen molar-refractivity contribution in [2.75, 3.05) is 49.3 Å². The molecule has 0 radical (unpaired) electrons. The lowest BCUT2D eigenvalue weighted by Crippen LogP contribution is -2.47. The lowest BCUT2D eigenvalue weighted by atomic mass is 10.1. The van der Waals surface area contributed by atoms with Crippen molar-refractivity contribution in [3.05, 3.63) is 78.6 Å². The summed E-state index contributed by atoms with van der Waals surface area (Å²) in [6.45, 7) is 3.02. The Bertz CT molecular complexity index is 2590. The van der Waals surface area contributed by atoms with E-state index in [9.17, 15) is 9.59 Å². The minimum Gasteiger partial charge on any atom is -0.481 e. The predicted molar refractivity (Wildman–Crippen MR) is 235 cm³/mol. The minimum absolute atomic E-state index is 0.0106. The molecule has 16 nitrogen and oxygen atoms in total. The number of ether oxygens (including phenoxy) is 2. The van der Waals surface area contributed by atoms with E-state index in [1.165, 1.54) is 6.33 Å². The molecule has 2 N–H and O–H groups in total. The highest BCUT2D eigenvalue weighted by molar-refractivity contribution is 9.10. The summed E-state index contributed by atoms with van der Waals surface area (Å²) in [5, 5.41) is 29.6. The maximum absolute atomic E-state index is 15.0. The fraction of sp³-hybridized carbons (Fsp3) is 0.368. The number of halogens is 7. The molecule has 322 valence electrons. The third-order valence-electron chi connectivity index (χ3n) is 9.97. The van der Waals surface area contributed by atoms with Crippen molar-refractivity contribution in [3.63, 3.8) is 0 Å². The molecule has 1 unspecified atom stereocenters. The van der Waals surface area contributed by atoms with Crippen LogP contribution >= 0.6 is 78.3 Å². The standard InChI is InChI=1S/C38H35Br2Cl4FN10O6/c1-20(52(4-7-60-5-2-31(56)57)29-11-27(54-17-46-16-47-54)23-9-25(39)33(41)35(43)37(23)49-29)13-51-18-48-55(19-51)28-12-30(50-38-24(28)10-26(40)34(42)36(38)44)53-14-21(45)8-22(53)15-61-6-3-32(58)59/h9-12,16-22H,2-8,13-15H2,1H3,(H-,56,57,58,59)/p+1/t20?,21-,22+/m1/s1. The van der Waals surface area contributed by atoms with Gasteiger partial charge in [0.2, 0.25) is 6.33 Å². The summed E-state index contributed by atoms with van der Waals surface area (Å²) in [7, 11) is 0. The molecule has 7 rings (SSSR count). The van der Waals surface area contributed by atoms with Gasteiger partial charge in [0.25, 0.3) is 6.33 Å². The van der Waals surface area contributed by atoms with E-state index >= 15 is 4.39 Å². The summed E-state index contributed by atoms with van der Waals surface area (Å²) in [5.41, 5.74) is 2.01. The Morgan fingerprint density at radius 3 is 2.18 bits per heavy atom. The Balaban J connectivity index is 1.24. The van der Waals surface area contributed by atoms with Crippen molar-refractivity contribution >= 4 is 124 Å². The number of hydrogen-bond donors (Lipinski definition) is 2. The molecule has 23 heteroatoms. The molecule has 4 aromatic heterocycles. The molecule has 3 atom stereocenters. The Morgan fingerprint density at radius 2 is 1.54 bits per heavy atom. The molecule has 5 heterocycles. The fourth-order valence-corrected chi connectivity index (χ4v) is 8.95. The zero-order valence-corrected chi connectivity index (χ0v) is 38.3. The molecule has 6 aromatic rings. The zero-order chi connectivity index (χ0) is 43.5. The van der Waals surface area contributed by atoms with Crippen LogP contribution in [-0.2, 0) is 25.6 Å². The van der Waals surface area contributed by atoms with Crippen LogP contribution in [0.4, 0.5) is 16.0 Å². The topological polar surface area (TPSA) is 178 Å². The summed E-state index contributed by atoms with van der Waals surface area (Å²) >= 11 is 33.8. The summed E-state index contributed by atoms with van der Waals surface area (Å²) in [6, 6.07) is 6.55. The van der Waals surface area contributed by atoms with Crippen LogP contribution in [0.2, 0.25) is 20.1 Å². The average molecular weight is 1050 g/mol. The predicted octanol–water partition coefficient (Wildman–Crippen LogP) is 7.77. The second kappa shape index (κ2) is 19.6. The average Bonchev–Trinajstić information content (AvgIpc) is 4.01. The third-order valence-corrected chi connectivity index (χ3v) is 13.4. The van der Waals surface area contributed by atoms with Gasteiger partial charge in [-0.05, 0) is 50.9 Å². The Hall–Kier alpha value is -3.95. The van der Waals surface area contributed by atoms with Crippen LogP contribution in [0, 0.1) is 0 Å². The number of hydrogen-bond acceptors (Lipinski definition) is 11. The number of carbonyl (C=O) groups is 2. The van der Waals surface area contributed by atoms with E-state index in [2.05, 4.69) is 41.9 Å². The highest BCUT2D eigenvalue weighted by Crippen LogP contribution is 2.41. The quantitative estimate of drug-likeness (QED) is 0.0485. The first-order chi connectivity index (χ1) is 29.2. The molecular weight excluding hydrogens is 1010 g/mol. The number of aromatic nitrogens is 8. The molecule has 0 bridgehead atoms. The van der Waals surface area contributed by atoms with Crippen LogP contribution in [0.5, 0.6) is 0 Å². The van der Waals surface area contributed by atoms with Gasteiger partial charge in [-0.3, -0.25) is 9.59 Å². The highest BCUT2D eigenvalue weighted by atomic mass is 79.9. The van der Waals surface area contributed by atoms with E-state index in [0.717, 1.165) is 0 Å². The van der Waals surface area contributed by atoms with Crippen molar-refractivity contribution in [3.8, 4) is 11.4 Å². The van der Waals surface area contributed by atoms with Gasteiger partial charge in [0.1, 0.15) is 30.5 Å². The number of benzene rings is 2. The lowest BCUT2D eigenvalue weighted by Gasteiger charge is -2.30. The van der Waals surface area contributed by atoms with Gasteiger partial charge in [-0.2, -0.15) is 5.10 Å². The van der Waals surface area contributed by atoms with Gasteiger partial charge in [-0.25, -0.2) is 28.6 Å². The van der Waals surface area contributed by atoms with Gasteiger partial charge in [0.05, 0.1) is 101 Å². The summed E-state index contributed by atoms with van der Waals surface area (Å²) in [6.07, 6.45) is 5.11. The number of rotatable bonds is 18. The molecule has 2 aromatic carbocycles. The number of carboxylic acids is 2. The number of carboxylic acid groups (broad SMARTS) is 2. The number of aliphatic carboxylic acids is 2. The smallest absolute Gasteiger partial charge is 0.305 e. The van der Waals surface area contributed by atoms with Gasteiger partial charge < -0.3 is 29.5 Å². The molecule has 0 aliphatic carbocycles. The first-order valence-electron chi connectivity index (χ1n) is 18.7. The van der Waals surface area contributed by atoms with Crippen LogP contribution in [0.3, 0.4) is 0 Å². The number of alkyl halides is 1. The molecule has 1 aliphatic heterocycles. The minimum atomic E-state index is -1.17. The van der Waals surface area contributed by atoms with Crippen LogP contribution in [-0.4, -0.2) is 114 Å². The molecule has 61 heavy (non-hydrogen) atoms. The SMILES string of the molecule is CC(C[n+]1cnn(-c2cc(N3C[C@H](F)C[C@H]3COCCC(=O)O)nc3c(Cl)c(Cl)c(Br)cc23)c1)N(CCOCCC(=O)O)c1cc(-n2cncn2)c2cc(Br)c(Cl)c(Cl)c2n1. The van der Waals surface area contributed by atoms with E-state index in [1.807, 2.05) is 28.5 Å². The molecule has 1 saturated heterocycles. The molecule has 1 fully saturated rings. The maximum Gasteiger partial charge on any atom is 0.305 e. The van der Waals surface area contributed by atoms with Crippen LogP contribution in [0.1, 0.15) is 26.2 Å². The van der Waals surface area contributed by atoms with E-state index in [4.69, 9.17) is 81.2 Å². The number of pyridine rings is 2. The summed E-state index contributed by atoms with van der Waals surface area (Å²) < 4.78 is 32.6. The molecule has 0 saturated carbocycles. The molecule has 0 spiro atoms. The van der Waals surface area contributed by atoms with Crippen LogP contribution < -0.4 is 14.4 Å². The lowest BCUT2D eigenvalue weighted by molar-refractivity contribution is -0.698. The third kappa shape index (κ3) is 10.1. The van der Waals surface area contributed by atoms with Crippen molar-refractivity contribution in [2.24, 2.45) is 0 Å². The molecule has 0 amide bonds. The van der Waals surface area contributed by atoms with Crippen LogP contribution in [0.25, 0.3) is 33.2 Å². The largest absolute Gasteiger partial charge is 0.481 e. The Morgan fingerprint density at radius 1 is 0.902 bits per heavy atom. The normalized spacial score (nSPS) is 15.9. The monoisotopic (exact) mass is 1040 g/mol. The Kier molecular flexibility index (Phi) is 14.5. The van der Waals surface area contributed by atoms with Crippen LogP contribution in [0.15, 0.2) is 58.5 Å². The van der Waals surface area contributed by atoms with Gasteiger partial charge in [-0.15, -0.1) is 0 Å². The van der Waals surface area contributed by atoms with Crippen molar-refractivity contribution in [1.82, 2.24) is 34.5 Å². The van der Waals surface area contributed by atoms with Gasteiger partial charge >= 0.3 is 11.9 Å². The van der Waals surface area contributed by atoms with E-state index in [1.54, 1.807) is 45.4 Å². The Labute approximate surface area is 384 Å². The van der Waals surface area contributed by atoms with Crippen molar-refractivity contribution < 1.29 is 38.2 Å². The van der Waals surface area contributed by atoms with E-state index in [-0.39, 0.29) is 73.3 Å². The van der Waals surface area contributed by atoms with Crippen molar-refractivity contribution in [1.29, 1.82) is 0 Å². The summed E-state index contributed by atoms with van der Waals surface area (Å²) in [4.78, 5) is 40.0. The first kappa shape index (κ1) is 45.1. The number of nitrogens with zero attached hydrogens (tertiary/aromatic N) is 10. The first-order valence-corrected chi connectivity index (χ1v) is 21.8. The summed E-state index contributed by atoms with van der Waals surface area (Å²) in [5.74, 6) is -1.03. The number of anilines is 2.